The van der Waals surface area contributed by atoms with E-state index < -0.39 is 13.9 Å². The van der Waals surface area contributed by atoms with Crippen molar-refractivity contribution in [2.45, 2.75) is 63.8 Å². The number of aryl methyl sites for hydroxylation is 1. The average Bonchev–Trinajstić information content (AvgIpc) is 3.14. The number of esters is 1. The van der Waals surface area contributed by atoms with E-state index in [0.29, 0.717) is 5.56 Å². The summed E-state index contributed by atoms with van der Waals surface area (Å²) in [6.07, 6.45) is 4.71. The van der Waals surface area contributed by atoms with Crippen LogP contribution in [0.15, 0.2) is 29.8 Å². The van der Waals surface area contributed by atoms with Crippen molar-refractivity contribution in [3.63, 3.8) is 0 Å². The van der Waals surface area contributed by atoms with Gasteiger partial charge < -0.3 is 9.16 Å². The van der Waals surface area contributed by atoms with Crippen molar-refractivity contribution in [2.75, 3.05) is 7.11 Å². The minimum Gasteiger partial charge on any atom is -0.465 e. The van der Waals surface area contributed by atoms with Gasteiger partial charge in [0.2, 0.25) is 0 Å². The third kappa shape index (κ3) is 3.62. The van der Waals surface area contributed by atoms with Gasteiger partial charge in [-0.25, -0.2) is 9.78 Å². The molecule has 0 radical (unpaired) electrons. The lowest BCUT2D eigenvalue weighted by Crippen LogP contribution is -2.50. The second-order valence-corrected chi connectivity index (χ2v) is 14.4. The zero-order valence-corrected chi connectivity index (χ0v) is 18.9. The molecule has 1 unspecified atom stereocenters. The van der Waals surface area contributed by atoms with Gasteiger partial charge in [0, 0.05) is 11.6 Å². The molecule has 1 atom stereocenters. The zero-order chi connectivity index (χ0) is 19.9. The molecule has 1 aromatic heterocycles. The summed E-state index contributed by atoms with van der Waals surface area (Å²) >= 11 is 1.65. The van der Waals surface area contributed by atoms with Gasteiger partial charge in [0.15, 0.2) is 8.32 Å². The molecule has 0 saturated heterocycles. The van der Waals surface area contributed by atoms with Gasteiger partial charge in [-0.1, -0.05) is 26.8 Å². The van der Waals surface area contributed by atoms with Crippen LogP contribution in [0.4, 0.5) is 0 Å². The van der Waals surface area contributed by atoms with Crippen molar-refractivity contribution < 1.29 is 14.0 Å². The SMILES string of the molecule is COC(=O)c1ccc2c(c1)CCCC2(O[Si](C)(C)C(C)(C)C)c1nccs1. The Hall–Kier alpha value is -1.50. The maximum absolute atomic E-state index is 12.0. The van der Waals surface area contributed by atoms with Crippen molar-refractivity contribution in [3.8, 4) is 0 Å². The number of methoxy groups -OCH3 is 1. The van der Waals surface area contributed by atoms with E-state index >= 15 is 0 Å². The Balaban J connectivity index is 2.16. The van der Waals surface area contributed by atoms with Gasteiger partial charge in [-0.05, 0) is 60.7 Å². The highest BCUT2D eigenvalue weighted by Gasteiger charge is 2.49. The number of aromatic nitrogens is 1. The maximum Gasteiger partial charge on any atom is 0.337 e. The van der Waals surface area contributed by atoms with Gasteiger partial charge >= 0.3 is 5.97 Å². The van der Waals surface area contributed by atoms with Crippen LogP contribution in [-0.2, 0) is 21.2 Å². The number of fused-ring (bicyclic) bond motifs is 1. The average molecular weight is 404 g/mol. The van der Waals surface area contributed by atoms with Gasteiger partial charge in [0.25, 0.3) is 0 Å². The van der Waals surface area contributed by atoms with Crippen molar-refractivity contribution in [1.82, 2.24) is 4.98 Å². The Labute approximate surface area is 167 Å². The summed E-state index contributed by atoms with van der Waals surface area (Å²) in [5.74, 6) is -0.298. The molecular weight excluding hydrogens is 374 g/mol. The normalized spacial score (nSPS) is 20.2. The molecule has 1 aliphatic rings. The van der Waals surface area contributed by atoms with Crippen LogP contribution in [-0.4, -0.2) is 26.4 Å². The predicted octanol–water partition coefficient (Wildman–Crippen LogP) is 5.53. The minimum absolute atomic E-state index is 0.0980. The molecule has 0 saturated carbocycles. The van der Waals surface area contributed by atoms with Crippen LogP contribution < -0.4 is 0 Å². The number of ether oxygens (including phenoxy) is 1. The molecule has 0 amide bonds. The molecule has 0 fully saturated rings. The molecule has 0 bridgehead atoms. The summed E-state index contributed by atoms with van der Waals surface area (Å²) in [5, 5.41) is 3.13. The molecule has 0 aliphatic heterocycles. The fraction of sp³-hybridized carbons (Fsp3) is 0.524. The van der Waals surface area contributed by atoms with Gasteiger partial charge in [-0.2, -0.15) is 0 Å². The molecule has 2 aromatic rings. The number of carbonyl (C=O) groups excluding carboxylic acids is 1. The molecule has 6 heteroatoms. The fourth-order valence-electron chi connectivity index (χ4n) is 3.49. The van der Waals surface area contributed by atoms with Crippen LogP contribution in [0.3, 0.4) is 0 Å². The summed E-state index contributed by atoms with van der Waals surface area (Å²) in [4.78, 5) is 16.7. The van der Waals surface area contributed by atoms with Crippen LogP contribution in [0.1, 0.15) is 60.1 Å². The second-order valence-electron chi connectivity index (χ2n) is 8.74. The first kappa shape index (κ1) is 20.2. The molecule has 146 valence electrons. The van der Waals surface area contributed by atoms with Gasteiger partial charge in [-0.3, -0.25) is 0 Å². The lowest BCUT2D eigenvalue weighted by Gasteiger charge is -2.47. The van der Waals surface area contributed by atoms with E-state index in [1.165, 1.54) is 7.11 Å². The number of hydrogen-bond donors (Lipinski definition) is 0. The standard InChI is InChI=1S/C21H29NO3SSi/c1-20(2,3)27(5,6)25-21(19-22-12-13-26-19)11-7-8-15-14-16(18(23)24-4)9-10-17(15)21/h9-10,12-14H,7-8,11H2,1-6H3. The predicted molar refractivity (Wildman–Crippen MR) is 112 cm³/mol. The second kappa shape index (κ2) is 7.15. The van der Waals surface area contributed by atoms with E-state index in [4.69, 9.17) is 9.16 Å². The number of benzene rings is 1. The molecule has 1 aliphatic carbocycles. The van der Waals surface area contributed by atoms with Crippen LogP contribution >= 0.6 is 11.3 Å². The summed E-state index contributed by atoms with van der Waals surface area (Å²) in [6, 6.07) is 5.88. The van der Waals surface area contributed by atoms with Crippen molar-refractivity contribution in [1.29, 1.82) is 0 Å². The number of rotatable bonds is 4. The van der Waals surface area contributed by atoms with E-state index in [9.17, 15) is 4.79 Å². The van der Waals surface area contributed by atoms with E-state index in [-0.39, 0.29) is 11.0 Å². The Morgan fingerprint density at radius 2 is 2.04 bits per heavy atom. The molecule has 3 rings (SSSR count). The smallest absolute Gasteiger partial charge is 0.337 e. The highest BCUT2D eigenvalue weighted by atomic mass is 32.1. The van der Waals surface area contributed by atoms with E-state index in [0.717, 1.165) is 35.4 Å². The van der Waals surface area contributed by atoms with E-state index in [2.05, 4.69) is 44.9 Å². The number of hydrogen-bond acceptors (Lipinski definition) is 5. The van der Waals surface area contributed by atoms with Gasteiger partial charge in [0.05, 0.1) is 12.7 Å². The van der Waals surface area contributed by atoms with Crippen molar-refractivity contribution >= 4 is 25.6 Å². The summed E-state index contributed by atoms with van der Waals surface area (Å²) < 4.78 is 12.0. The first-order valence-corrected chi connectivity index (χ1v) is 13.2. The molecule has 0 spiro atoms. The first-order chi connectivity index (χ1) is 12.6. The number of nitrogens with zero attached hydrogens (tertiary/aromatic N) is 1. The Morgan fingerprint density at radius 3 is 2.63 bits per heavy atom. The summed E-state index contributed by atoms with van der Waals surface area (Å²) in [6.45, 7) is 11.4. The third-order valence-electron chi connectivity index (χ3n) is 5.95. The highest BCUT2D eigenvalue weighted by molar-refractivity contribution is 7.09. The summed E-state index contributed by atoms with van der Waals surface area (Å²) in [5.41, 5.74) is 2.39. The van der Waals surface area contributed by atoms with E-state index in [1.54, 1.807) is 11.3 Å². The third-order valence-corrected chi connectivity index (χ3v) is 11.3. The number of carbonyl (C=O) groups is 1. The van der Waals surface area contributed by atoms with E-state index in [1.807, 2.05) is 23.7 Å². The Kier molecular flexibility index (Phi) is 5.36. The highest BCUT2D eigenvalue weighted by Crippen LogP contribution is 2.50. The largest absolute Gasteiger partial charge is 0.465 e. The quantitative estimate of drug-likeness (QED) is 0.497. The van der Waals surface area contributed by atoms with Crippen LogP contribution in [0, 0.1) is 0 Å². The molecular formula is C21H29NO3SSi. The molecule has 1 heterocycles. The molecule has 27 heavy (non-hydrogen) atoms. The van der Waals surface area contributed by atoms with Crippen LogP contribution in [0.25, 0.3) is 0 Å². The topological polar surface area (TPSA) is 48.4 Å². The molecule has 0 N–H and O–H groups in total. The monoisotopic (exact) mass is 403 g/mol. The minimum atomic E-state index is -2.06. The zero-order valence-electron chi connectivity index (χ0n) is 17.1. The first-order valence-electron chi connectivity index (χ1n) is 9.42. The van der Waals surface area contributed by atoms with Crippen molar-refractivity contribution in [3.05, 3.63) is 51.5 Å². The van der Waals surface area contributed by atoms with Crippen LogP contribution in [0.5, 0.6) is 0 Å². The van der Waals surface area contributed by atoms with Gasteiger partial charge in [0.1, 0.15) is 10.6 Å². The van der Waals surface area contributed by atoms with Crippen molar-refractivity contribution in [2.24, 2.45) is 0 Å². The van der Waals surface area contributed by atoms with Crippen LogP contribution in [0.2, 0.25) is 18.1 Å². The Morgan fingerprint density at radius 1 is 1.30 bits per heavy atom. The molecule has 1 aromatic carbocycles. The maximum atomic E-state index is 12.0. The Bertz CT molecular complexity index is 826. The lowest BCUT2D eigenvalue weighted by atomic mass is 9.79. The van der Waals surface area contributed by atoms with Gasteiger partial charge in [-0.15, -0.1) is 11.3 Å². The lowest BCUT2D eigenvalue weighted by molar-refractivity contribution is 0.0597. The summed E-state index contributed by atoms with van der Waals surface area (Å²) in [7, 11) is -0.638. The number of thiazole rings is 1. The fourth-order valence-corrected chi connectivity index (χ4v) is 5.86. The molecule has 4 nitrogen and oxygen atoms in total.